The Balaban J connectivity index is 1.41. The first-order valence-electron chi connectivity index (χ1n) is 9.61. The van der Waals surface area contributed by atoms with E-state index in [0.29, 0.717) is 12.6 Å². The minimum Gasteiger partial charge on any atom is -0.494 e. The maximum Gasteiger partial charge on any atom is 0.227 e. The first-order valence-corrected chi connectivity index (χ1v) is 9.61. The summed E-state index contributed by atoms with van der Waals surface area (Å²) in [4.78, 5) is 11.2. The van der Waals surface area contributed by atoms with Crippen LogP contribution in [-0.4, -0.2) is 28.0 Å². The average molecular weight is 396 g/mol. The van der Waals surface area contributed by atoms with Gasteiger partial charge in [-0.2, -0.15) is 0 Å². The normalized spacial score (nSPS) is 13.8. The number of hydrogen-bond donors (Lipinski definition) is 1. The van der Waals surface area contributed by atoms with Gasteiger partial charge in [0.2, 0.25) is 5.95 Å². The van der Waals surface area contributed by atoms with E-state index in [2.05, 4.69) is 32.3 Å². The second-order valence-corrected chi connectivity index (χ2v) is 6.95. The fraction of sp³-hybridized carbons (Fsp3) is 0.273. The molecule has 1 aliphatic heterocycles. The third-order valence-corrected chi connectivity index (χ3v) is 4.83. The molecule has 29 heavy (non-hydrogen) atoms. The molecule has 5 nitrogen and oxygen atoms in total. The van der Waals surface area contributed by atoms with Gasteiger partial charge in [-0.3, -0.25) is 4.90 Å². The Kier molecular flexibility index (Phi) is 5.67. The van der Waals surface area contributed by atoms with E-state index in [0.717, 1.165) is 49.1 Å². The highest BCUT2D eigenvalue weighted by atomic mass is 19.1. The second-order valence-electron chi connectivity index (χ2n) is 6.95. The number of halogens is 2. The Hall–Kier alpha value is -3.06. The van der Waals surface area contributed by atoms with Gasteiger partial charge in [-0.1, -0.05) is 12.1 Å². The van der Waals surface area contributed by atoms with Crippen LogP contribution < -0.4 is 10.1 Å². The maximum absolute atomic E-state index is 13.8. The van der Waals surface area contributed by atoms with Gasteiger partial charge in [-0.15, -0.1) is 0 Å². The van der Waals surface area contributed by atoms with Crippen LogP contribution >= 0.6 is 0 Å². The van der Waals surface area contributed by atoms with Gasteiger partial charge in [0.15, 0.2) is 0 Å². The molecule has 0 amide bonds. The van der Waals surface area contributed by atoms with Crippen molar-refractivity contribution >= 4 is 11.6 Å². The van der Waals surface area contributed by atoms with Crippen LogP contribution in [-0.2, 0) is 19.5 Å². The molecule has 0 spiro atoms. The van der Waals surface area contributed by atoms with Crippen LogP contribution in [0.4, 0.5) is 20.4 Å². The maximum atomic E-state index is 13.8. The fourth-order valence-corrected chi connectivity index (χ4v) is 3.40. The molecule has 3 aromatic rings. The van der Waals surface area contributed by atoms with Gasteiger partial charge < -0.3 is 10.1 Å². The number of aromatic nitrogens is 2. The smallest absolute Gasteiger partial charge is 0.227 e. The van der Waals surface area contributed by atoms with Crippen molar-refractivity contribution in [2.45, 2.75) is 26.4 Å². The predicted molar refractivity (Wildman–Crippen MR) is 107 cm³/mol. The fourth-order valence-electron chi connectivity index (χ4n) is 3.40. The number of hydrogen-bond acceptors (Lipinski definition) is 5. The molecule has 0 radical (unpaired) electrons. The summed E-state index contributed by atoms with van der Waals surface area (Å²) in [5.41, 5.74) is 3.39. The Morgan fingerprint density at radius 2 is 1.97 bits per heavy atom. The van der Waals surface area contributed by atoms with Crippen LogP contribution in [0.25, 0.3) is 0 Å². The Morgan fingerprint density at radius 3 is 2.72 bits per heavy atom. The van der Waals surface area contributed by atoms with E-state index < -0.39 is 11.6 Å². The number of nitrogens with zero attached hydrogens (tertiary/aromatic N) is 3. The molecule has 2 heterocycles. The SMILES string of the molecule is CCOc1ccc(CN2CCc3nc(Nc4ccc(F)cc4F)ncc3C2)cc1. The number of rotatable bonds is 6. The number of fused-ring (bicyclic) bond motifs is 1. The molecule has 0 fully saturated rings. The highest BCUT2D eigenvalue weighted by Gasteiger charge is 2.19. The molecule has 150 valence electrons. The molecule has 0 atom stereocenters. The Labute approximate surface area is 168 Å². The Morgan fingerprint density at radius 1 is 1.14 bits per heavy atom. The lowest BCUT2D eigenvalue weighted by atomic mass is 10.1. The average Bonchev–Trinajstić information content (AvgIpc) is 2.72. The summed E-state index contributed by atoms with van der Waals surface area (Å²) < 4.78 is 32.4. The molecule has 7 heteroatoms. The molecule has 0 aliphatic carbocycles. The van der Waals surface area contributed by atoms with E-state index in [4.69, 9.17) is 4.74 Å². The molecule has 0 unspecified atom stereocenters. The van der Waals surface area contributed by atoms with Crippen LogP contribution in [0, 0.1) is 11.6 Å². The van der Waals surface area contributed by atoms with Gasteiger partial charge in [0, 0.05) is 43.9 Å². The zero-order valence-corrected chi connectivity index (χ0v) is 16.2. The minimum atomic E-state index is -0.673. The van der Waals surface area contributed by atoms with Crippen molar-refractivity contribution in [3.63, 3.8) is 0 Å². The van der Waals surface area contributed by atoms with Crippen molar-refractivity contribution in [3.8, 4) is 5.75 Å². The lowest BCUT2D eigenvalue weighted by Crippen LogP contribution is -2.31. The van der Waals surface area contributed by atoms with E-state index in [9.17, 15) is 8.78 Å². The first kappa shape index (κ1) is 19.3. The highest BCUT2D eigenvalue weighted by molar-refractivity contribution is 5.54. The lowest BCUT2D eigenvalue weighted by molar-refractivity contribution is 0.243. The van der Waals surface area contributed by atoms with Crippen molar-refractivity contribution < 1.29 is 13.5 Å². The van der Waals surface area contributed by atoms with Gasteiger partial charge in [-0.05, 0) is 36.8 Å². The van der Waals surface area contributed by atoms with Crippen LogP contribution in [0.5, 0.6) is 5.75 Å². The second kappa shape index (κ2) is 8.53. The third kappa shape index (κ3) is 4.68. The molecule has 0 saturated carbocycles. The van der Waals surface area contributed by atoms with Gasteiger partial charge in [0.05, 0.1) is 18.0 Å². The molecular weight excluding hydrogens is 374 g/mol. The molecule has 1 aromatic heterocycles. The highest BCUT2D eigenvalue weighted by Crippen LogP contribution is 2.23. The number of nitrogens with one attached hydrogen (secondary N) is 1. The monoisotopic (exact) mass is 396 g/mol. The van der Waals surface area contributed by atoms with E-state index in [-0.39, 0.29) is 5.69 Å². The van der Waals surface area contributed by atoms with Crippen molar-refractivity contribution in [1.82, 2.24) is 14.9 Å². The zero-order valence-electron chi connectivity index (χ0n) is 16.2. The van der Waals surface area contributed by atoms with Crippen LogP contribution in [0.1, 0.15) is 23.7 Å². The first-order chi connectivity index (χ1) is 14.1. The summed E-state index contributed by atoms with van der Waals surface area (Å²) >= 11 is 0. The summed E-state index contributed by atoms with van der Waals surface area (Å²) in [5, 5.41) is 2.83. The van der Waals surface area contributed by atoms with Crippen molar-refractivity contribution in [2.75, 3.05) is 18.5 Å². The van der Waals surface area contributed by atoms with Crippen molar-refractivity contribution in [3.05, 3.63) is 77.1 Å². The molecule has 0 bridgehead atoms. The molecule has 0 saturated heterocycles. The third-order valence-electron chi connectivity index (χ3n) is 4.83. The van der Waals surface area contributed by atoms with Gasteiger partial charge in [-0.25, -0.2) is 18.7 Å². The molecule has 1 aliphatic rings. The standard InChI is InChI=1S/C22H22F2N4O/c1-2-29-18-6-3-15(4-7-18)13-28-10-9-20-16(14-28)12-25-22(26-20)27-21-8-5-17(23)11-19(21)24/h3-8,11-12H,2,9-10,13-14H2,1H3,(H,25,26,27). The van der Waals surface area contributed by atoms with Crippen LogP contribution in [0.15, 0.2) is 48.7 Å². The topological polar surface area (TPSA) is 50.3 Å². The number of anilines is 2. The molecule has 2 aromatic carbocycles. The lowest BCUT2D eigenvalue weighted by Gasteiger charge is -2.28. The quantitative estimate of drug-likeness (QED) is 0.667. The summed E-state index contributed by atoms with van der Waals surface area (Å²) in [6.45, 7) is 5.10. The van der Waals surface area contributed by atoms with E-state index in [1.165, 1.54) is 17.7 Å². The number of benzene rings is 2. The minimum absolute atomic E-state index is 0.152. The Bertz CT molecular complexity index is 995. The van der Waals surface area contributed by atoms with E-state index in [1.54, 1.807) is 6.20 Å². The predicted octanol–water partition coefficient (Wildman–Crippen LogP) is 4.46. The van der Waals surface area contributed by atoms with Crippen molar-refractivity contribution in [2.24, 2.45) is 0 Å². The molecule has 4 rings (SSSR count). The largest absolute Gasteiger partial charge is 0.494 e. The van der Waals surface area contributed by atoms with Crippen LogP contribution in [0.2, 0.25) is 0 Å². The van der Waals surface area contributed by atoms with Gasteiger partial charge in [0.1, 0.15) is 17.4 Å². The van der Waals surface area contributed by atoms with Gasteiger partial charge in [0.25, 0.3) is 0 Å². The van der Waals surface area contributed by atoms with Crippen LogP contribution in [0.3, 0.4) is 0 Å². The molecular formula is C22H22F2N4O. The molecule has 1 N–H and O–H groups in total. The van der Waals surface area contributed by atoms with Gasteiger partial charge >= 0.3 is 0 Å². The summed E-state index contributed by atoms with van der Waals surface area (Å²) in [5.74, 6) is -0.0969. The van der Waals surface area contributed by atoms with E-state index >= 15 is 0 Å². The zero-order chi connectivity index (χ0) is 20.2. The number of ether oxygens (including phenoxy) is 1. The van der Waals surface area contributed by atoms with Crippen molar-refractivity contribution in [1.29, 1.82) is 0 Å². The summed E-state index contributed by atoms with van der Waals surface area (Å²) in [7, 11) is 0. The summed E-state index contributed by atoms with van der Waals surface area (Å²) in [6, 6.07) is 11.5. The summed E-state index contributed by atoms with van der Waals surface area (Å²) in [6.07, 6.45) is 2.56. The van der Waals surface area contributed by atoms with E-state index in [1.807, 2.05) is 19.1 Å².